The van der Waals surface area contributed by atoms with Gasteiger partial charge in [-0.1, -0.05) is 17.7 Å². The second-order valence-corrected chi connectivity index (χ2v) is 5.32. The Morgan fingerprint density at radius 2 is 1.74 bits per heavy atom. The molecule has 0 aliphatic carbocycles. The number of hydrogen-bond donors (Lipinski definition) is 3. The first-order chi connectivity index (χ1) is 10.8. The monoisotopic (exact) mass is 335 g/mol. The van der Waals surface area contributed by atoms with E-state index in [4.69, 9.17) is 11.6 Å². The molecule has 0 fully saturated rings. The lowest BCUT2D eigenvalue weighted by atomic mass is 10.2. The van der Waals surface area contributed by atoms with Gasteiger partial charge in [-0.2, -0.15) is 0 Å². The summed E-state index contributed by atoms with van der Waals surface area (Å²) in [4.78, 5) is 23.1. The van der Waals surface area contributed by atoms with E-state index in [2.05, 4.69) is 16.0 Å². The van der Waals surface area contributed by atoms with Gasteiger partial charge in [0.05, 0.1) is 10.7 Å². The van der Waals surface area contributed by atoms with E-state index >= 15 is 0 Å². The van der Waals surface area contributed by atoms with Crippen molar-refractivity contribution in [2.45, 2.75) is 13.8 Å². The maximum absolute atomic E-state index is 13.2. The summed E-state index contributed by atoms with van der Waals surface area (Å²) in [5, 5.41) is 7.96. The van der Waals surface area contributed by atoms with Crippen molar-refractivity contribution in [3.8, 4) is 0 Å². The van der Waals surface area contributed by atoms with Crippen LogP contribution in [0.15, 0.2) is 36.4 Å². The number of carbonyl (C=O) groups excluding carboxylic acids is 2. The van der Waals surface area contributed by atoms with Crippen LogP contribution < -0.4 is 16.0 Å². The van der Waals surface area contributed by atoms with Gasteiger partial charge in [0.15, 0.2) is 0 Å². The van der Waals surface area contributed by atoms with Gasteiger partial charge in [-0.15, -0.1) is 0 Å². The first-order valence-corrected chi connectivity index (χ1v) is 7.14. The number of amides is 3. The maximum atomic E-state index is 13.2. The van der Waals surface area contributed by atoms with Crippen LogP contribution in [0.3, 0.4) is 0 Å². The highest BCUT2D eigenvalue weighted by atomic mass is 35.5. The Morgan fingerprint density at radius 3 is 2.43 bits per heavy atom. The molecule has 3 N–H and O–H groups in total. The summed E-state index contributed by atoms with van der Waals surface area (Å²) in [6.45, 7) is 3.24. The first-order valence-electron chi connectivity index (χ1n) is 6.76. The number of halogens is 2. The Kier molecular flexibility index (Phi) is 5.18. The largest absolute Gasteiger partial charge is 0.326 e. The van der Waals surface area contributed by atoms with Gasteiger partial charge in [-0.3, -0.25) is 4.79 Å². The van der Waals surface area contributed by atoms with E-state index in [0.29, 0.717) is 11.4 Å². The lowest BCUT2D eigenvalue weighted by Crippen LogP contribution is -2.20. The van der Waals surface area contributed by atoms with Crippen LogP contribution in [-0.4, -0.2) is 11.9 Å². The van der Waals surface area contributed by atoms with Crippen molar-refractivity contribution in [2.24, 2.45) is 0 Å². The summed E-state index contributed by atoms with van der Waals surface area (Å²) < 4.78 is 13.2. The van der Waals surface area contributed by atoms with Crippen LogP contribution in [0.25, 0.3) is 0 Å². The molecule has 2 aromatic carbocycles. The smallest absolute Gasteiger partial charge is 0.323 e. The Bertz CT molecular complexity index is 765. The molecule has 7 heteroatoms. The molecule has 0 unspecified atom stereocenters. The molecule has 0 atom stereocenters. The van der Waals surface area contributed by atoms with Gasteiger partial charge in [0.25, 0.3) is 0 Å². The van der Waals surface area contributed by atoms with E-state index in [0.717, 1.165) is 11.6 Å². The molecule has 0 bridgehead atoms. The van der Waals surface area contributed by atoms with Gasteiger partial charge in [0.2, 0.25) is 5.91 Å². The molecule has 0 heterocycles. The van der Waals surface area contributed by atoms with Crippen molar-refractivity contribution in [2.75, 3.05) is 16.0 Å². The van der Waals surface area contributed by atoms with Crippen LogP contribution in [0.4, 0.5) is 26.2 Å². The molecule has 0 saturated carbocycles. The predicted octanol–water partition coefficient (Wildman–Crippen LogP) is 4.39. The van der Waals surface area contributed by atoms with Crippen molar-refractivity contribution >= 4 is 40.6 Å². The van der Waals surface area contributed by atoms with E-state index in [-0.39, 0.29) is 16.6 Å². The van der Waals surface area contributed by atoms with E-state index in [1.54, 1.807) is 18.2 Å². The van der Waals surface area contributed by atoms with Crippen LogP contribution in [0.5, 0.6) is 0 Å². The van der Waals surface area contributed by atoms with Crippen molar-refractivity contribution in [3.63, 3.8) is 0 Å². The minimum atomic E-state index is -0.574. The number of carbonyl (C=O) groups is 2. The lowest BCUT2D eigenvalue weighted by Gasteiger charge is -2.12. The van der Waals surface area contributed by atoms with Crippen molar-refractivity contribution in [1.29, 1.82) is 0 Å². The summed E-state index contributed by atoms with van der Waals surface area (Å²) in [6, 6.07) is 8.18. The summed E-state index contributed by atoms with van der Waals surface area (Å²) >= 11 is 5.89. The Labute approximate surface area is 137 Å². The van der Waals surface area contributed by atoms with Crippen molar-refractivity contribution in [1.82, 2.24) is 0 Å². The molecule has 0 aliphatic rings. The quantitative estimate of drug-likeness (QED) is 0.778. The van der Waals surface area contributed by atoms with Crippen LogP contribution in [0, 0.1) is 12.7 Å². The molecular formula is C16H15ClFN3O2. The predicted molar refractivity (Wildman–Crippen MR) is 89.5 cm³/mol. The number of rotatable bonds is 3. The molecule has 3 amide bonds. The lowest BCUT2D eigenvalue weighted by molar-refractivity contribution is -0.114. The first kappa shape index (κ1) is 16.8. The normalized spacial score (nSPS) is 10.1. The van der Waals surface area contributed by atoms with E-state index < -0.39 is 11.8 Å². The highest BCUT2D eigenvalue weighted by molar-refractivity contribution is 6.33. The van der Waals surface area contributed by atoms with Gasteiger partial charge in [0.1, 0.15) is 5.82 Å². The van der Waals surface area contributed by atoms with E-state index in [9.17, 15) is 14.0 Å². The minimum absolute atomic E-state index is 0.165. The number of hydrogen-bond acceptors (Lipinski definition) is 2. The molecular weight excluding hydrogens is 321 g/mol. The molecule has 0 saturated heterocycles. The van der Waals surface area contributed by atoms with Crippen LogP contribution in [-0.2, 0) is 4.79 Å². The van der Waals surface area contributed by atoms with Crippen molar-refractivity contribution in [3.05, 3.63) is 52.8 Å². The molecule has 0 spiro atoms. The maximum Gasteiger partial charge on any atom is 0.323 e. The molecule has 120 valence electrons. The SMILES string of the molecule is CC(=O)Nc1cc(NC(=O)Nc2cc(F)ccc2Cl)ccc1C. The third kappa shape index (κ3) is 4.69. The molecule has 5 nitrogen and oxygen atoms in total. The zero-order valence-electron chi connectivity index (χ0n) is 12.5. The van der Waals surface area contributed by atoms with Gasteiger partial charge >= 0.3 is 6.03 Å². The summed E-state index contributed by atoms with van der Waals surface area (Å²) in [5.41, 5.74) is 2.10. The summed E-state index contributed by atoms with van der Waals surface area (Å²) in [7, 11) is 0. The van der Waals surface area contributed by atoms with Crippen LogP contribution in [0.2, 0.25) is 5.02 Å². The standard InChI is InChI=1S/C16H15ClFN3O2/c1-9-3-5-12(8-14(9)19-10(2)22)20-16(23)21-15-7-11(18)4-6-13(15)17/h3-8H,1-2H3,(H,19,22)(H2,20,21,23). The van der Waals surface area contributed by atoms with Crippen LogP contribution in [0.1, 0.15) is 12.5 Å². The van der Waals surface area contributed by atoms with Gasteiger partial charge < -0.3 is 16.0 Å². The van der Waals surface area contributed by atoms with Crippen LogP contribution >= 0.6 is 11.6 Å². The number of urea groups is 1. The second-order valence-electron chi connectivity index (χ2n) is 4.91. The summed E-state index contributed by atoms with van der Waals surface area (Å²) in [6.07, 6.45) is 0. The Hall–Kier alpha value is -2.60. The fourth-order valence-corrected chi connectivity index (χ4v) is 2.07. The summed E-state index contributed by atoms with van der Waals surface area (Å²) in [5.74, 6) is -0.714. The fourth-order valence-electron chi connectivity index (χ4n) is 1.90. The topological polar surface area (TPSA) is 70.2 Å². The van der Waals surface area contributed by atoms with Gasteiger partial charge in [-0.05, 0) is 42.8 Å². The molecule has 0 aromatic heterocycles. The molecule has 2 aromatic rings. The zero-order valence-corrected chi connectivity index (χ0v) is 13.3. The Morgan fingerprint density at radius 1 is 1.00 bits per heavy atom. The molecule has 0 aliphatic heterocycles. The third-order valence-electron chi connectivity index (χ3n) is 2.98. The Balaban J connectivity index is 2.11. The fraction of sp³-hybridized carbons (Fsp3) is 0.125. The van der Waals surface area contributed by atoms with Crippen molar-refractivity contribution < 1.29 is 14.0 Å². The highest BCUT2D eigenvalue weighted by Gasteiger charge is 2.09. The average molecular weight is 336 g/mol. The highest BCUT2D eigenvalue weighted by Crippen LogP contribution is 2.23. The van der Waals surface area contributed by atoms with E-state index in [1.807, 2.05) is 6.92 Å². The molecule has 0 radical (unpaired) electrons. The molecule has 2 rings (SSSR count). The molecule has 23 heavy (non-hydrogen) atoms. The van der Waals surface area contributed by atoms with E-state index in [1.165, 1.54) is 19.1 Å². The zero-order chi connectivity index (χ0) is 17.0. The van der Waals surface area contributed by atoms with Gasteiger partial charge in [0, 0.05) is 18.3 Å². The average Bonchev–Trinajstić information content (AvgIpc) is 2.46. The number of nitrogens with one attached hydrogen (secondary N) is 3. The number of benzene rings is 2. The number of aryl methyl sites for hydroxylation is 1. The second kappa shape index (κ2) is 7.11. The third-order valence-corrected chi connectivity index (χ3v) is 3.31. The minimum Gasteiger partial charge on any atom is -0.326 e. The van der Waals surface area contributed by atoms with Gasteiger partial charge in [-0.25, -0.2) is 9.18 Å². The number of anilines is 3.